The Kier molecular flexibility index (Phi) is 42.3. The van der Waals surface area contributed by atoms with E-state index in [1.807, 2.05) is 21.1 Å². The minimum atomic E-state index is -1.51. The largest absolute Gasteiger partial charge is 0.477 e. The summed E-state index contributed by atoms with van der Waals surface area (Å²) in [7, 11) is 5.96. The lowest BCUT2D eigenvalue weighted by Gasteiger charge is -2.25. The van der Waals surface area contributed by atoms with Gasteiger partial charge in [-0.25, -0.2) is 4.79 Å². The summed E-state index contributed by atoms with van der Waals surface area (Å²) in [6.07, 6.45) is 47.9. The van der Waals surface area contributed by atoms with Crippen LogP contribution in [0.5, 0.6) is 0 Å². The number of nitrogens with zero attached hydrogens (tertiary/aromatic N) is 1. The lowest BCUT2D eigenvalue weighted by molar-refractivity contribution is -0.870. The summed E-state index contributed by atoms with van der Waals surface area (Å²) < 4.78 is 22.7. The Balaban J connectivity index is 4.18. The Morgan fingerprint density at radius 3 is 1.31 bits per heavy atom. The van der Waals surface area contributed by atoms with Crippen molar-refractivity contribution in [2.45, 2.75) is 232 Å². The number of ether oxygens (including phenoxy) is 4. The van der Waals surface area contributed by atoms with E-state index in [0.717, 1.165) is 51.4 Å². The molecule has 0 spiro atoms. The number of unbranched alkanes of at least 4 members (excludes halogenated alkanes) is 25. The van der Waals surface area contributed by atoms with Gasteiger partial charge in [-0.15, -0.1) is 0 Å². The summed E-state index contributed by atoms with van der Waals surface area (Å²) in [6, 6.07) is 0. The fraction of sp³-hybridized carbons (Fsp3) is 0.827. The van der Waals surface area contributed by atoms with E-state index in [1.54, 1.807) is 0 Å². The molecule has 1 N–H and O–H groups in total. The van der Waals surface area contributed by atoms with Crippen LogP contribution < -0.4 is 0 Å². The third-order valence-electron chi connectivity index (χ3n) is 10.9. The minimum Gasteiger partial charge on any atom is -0.477 e. The zero-order valence-corrected chi connectivity index (χ0v) is 40.3. The van der Waals surface area contributed by atoms with Gasteiger partial charge in [-0.3, -0.25) is 9.59 Å². The highest BCUT2D eigenvalue weighted by molar-refractivity contribution is 5.71. The van der Waals surface area contributed by atoms with Crippen molar-refractivity contribution in [2.75, 3.05) is 47.5 Å². The number of rotatable bonds is 46. The molecule has 61 heavy (non-hydrogen) atoms. The molecular weight excluding hydrogens is 767 g/mol. The zero-order chi connectivity index (χ0) is 44.9. The van der Waals surface area contributed by atoms with Crippen LogP contribution in [0.3, 0.4) is 0 Å². The van der Waals surface area contributed by atoms with E-state index in [9.17, 15) is 19.5 Å². The quantitative estimate of drug-likeness (QED) is 0.0212. The first-order valence-electron chi connectivity index (χ1n) is 25.2. The van der Waals surface area contributed by atoms with E-state index < -0.39 is 24.3 Å². The van der Waals surface area contributed by atoms with Crippen LogP contribution in [0, 0.1) is 0 Å². The molecule has 0 fully saturated rings. The van der Waals surface area contributed by atoms with Crippen LogP contribution >= 0.6 is 0 Å². The van der Waals surface area contributed by atoms with Crippen LogP contribution in [-0.2, 0) is 33.3 Å². The molecule has 0 rings (SSSR count). The molecule has 0 radical (unpaired) electrons. The van der Waals surface area contributed by atoms with E-state index in [4.69, 9.17) is 18.9 Å². The van der Waals surface area contributed by atoms with Crippen molar-refractivity contribution in [3.05, 3.63) is 36.5 Å². The molecule has 0 heterocycles. The van der Waals surface area contributed by atoms with Crippen molar-refractivity contribution in [1.82, 2.24) is 0 Å². The molecule has 0 amide bonds. The third-order valence-corrected chi connectivity index (χ3v) is 10.9. The monoisotopic (exact) mass is 863 g/mol. The highest BCUT2D eigenvalue weighted by Gasteiger charge is 2.25. The van der Waals surface area contributed by atoms with Gasteiger partial charge >= 0.3 is 17.9 Å². The first-order valence-corrected chi connectivity index (χ1v) is 25.2. The van der Waals surface area contributed by atoms with Crippen LogP contribution in [0.4, 0.5) is 0 Å². The molecule has 9 nitrogen and oxygen atoms in total. The van der Waals surface area contributed by atoms with Gasteiger partial charge in [0.1, 0.15) is 13.2 Å². The number of esters is 2. The number of carboxylic acids is 1. The molecule has 2 atom stereocenters. The lowest BCUT2D eigenvalue weighted by Crippen LogP contribution is -2.40. The molecule has 0 aromatic rings. The minimum absolute atomic E-state index is 0.180. The maximum atomic E-state index is 12.8. The topological polar surface area (TPSA) is 108 Å². The molecular formula is C52H96NO8+. The van der Waals surface area contributed by atoms with Crippen LogP contribution in [0.2, 0.25) is 0 Å². The number of carbonyl (C=O) groups excluding carboxylic acids is 2. The van der Waals surface area contributed by atoms with Crippen LogP contribution in [-0.4, -0.2) is 87.4 Å². The number of hydrogen-bond donors (Lipinski definition) is 1. The SMILES string of the molecule is CCCCCCC/C=C\C/C=C\C/C=C\CCCCCCCCCCCCCCC(=O)OC(COC(=O)CCCCCCCCCCC)COC(OCC[N+](C)(C)C)C(=O)O. The summed E-state index contributed by atoms with van der Waals surface area (Å²) in [5.74, 6) is -2.01. The summed E-state index contributed by atoms with van der Waals surface area (Å²) in [5, 5.41) is 9.63. The molecule has 0 aromatic carbocycles. The first kappa shape index (κ1) is 58.5. The number of aliphatic carboxylic acids is 1. The summed E-state index contributed by atoms with van der Waals surface area (Å²) in [5.41, 5.74) is 0. The van der Waals surface area contributed by atoms with Gasteiger partial charge in [-0.2, -0.15) is 0 Å². The van der Waals surface area contributed by atoms with Gasteiger partial charge in [0.15, 0.2) is 6.10 Å². The second-order valence-corrected chi connectivity index (χ2v) is 18.1. The van der Waals surface area contributed by atoms with E-state index >= 15 is 0 Å². The molecule has 0 aliphatic rings. The number of carboxylic acid groups (broad SMARTS) is 1. The van der Waals surface area contributed by atoms with Gasteiger partial charge in [0.25, 0.3) is 6.29 Å². The van der Waals surface area contributed by atoms with E-state index in [1.165, 1.54) is 141 Å². The Hall–Kier alpha value is -2.49. The summed E-state index contributed by atoms with van der Waals surface area (Å²) in [4.78, 5) is 37.1. The number of carbonyl (C=O) groups is 3. The van der Waals surface area contributed by atoms with E-state index in [2.05, 4.69) is 50.3 Å². The molecule has 0 aromatic heterocycles. The Labute approximate surface area is 375 Å². The smallest absolute Gasteiger partial charge is 0.361 e. The Morgan fingerprint density at radius 2 is 0.885 bits per heavy atom. The van der Waals surface area contributed by atoms with Crippen molar-refractivity contribution >= 4 is 17.9 Å². The fourth-order valence-electron chi connectivity index (χ4n) is 6.96. The normalized spacial score (nSPS) is 13.1. The Morgan fingerprint density at radius 1 is 0.492 bits per heavy atom. The highest BCUT2D eigenvalue weighted by Crippen LogP contribution is 2.15. The number of hydrogen-bond acceptors (Lipinski definition) is 7. The van der Waals surface area contributed by atoms with Gasteiger partial charge in [-0.05, 0) is 51.4 Å². The fourth-order valence-corrected chi connectivity index (χ4v) is 6.96. The van der Waals surface area contributed by atoms with Gasteiger partial charge in [-0.1, -0.05) is 192 Å². The molecule has 0 aliphatic heterocycles. The zero-order valence-electron chi connectivity index (χ0n) is 40.3. The van der Waals surface area contributed by atoms with Crippen LogP contribution in [0.15, 0.2) is 36.5 Å². The van der Waals surface area contributed by atoms with Crippen molar-refractivity contribution in [3.8, 4) is 0 Å². The van der Waals surface area contributed by atoms with E-state index in [0.29, 0.717) is 17.4 Å². The van der Waals surface area contributed by atoms with Crippen molar-refractivity contribution in [1.29, 1.82) is 0 Å². The lowest BCUT2D eigenvalue weighted by atomic mass is 10.0. The molecule has 356 valence electrons. The van der Waals surface area contributed by atoms with E-state index in [-0.39, 0.29) is 32.2 Å². The maximum absolute atomic E-state index is 12.8. The molecule has 2 unspecified atom stereocenters. The van der Waals surface area contributed by atoms with Crippen LogP contribution in [0.1, 0.15) is 219 Å². The second-order valence-electron chi connectivity index (χ2n) is 18.1. The standard InChI is InChI=1S/C52H95NO8/c1-6-8-10-12-14-16-17-18-19-20-21-22-23-24-25-26-27-28-29-30-31-32-33-35-37-39-41-43-50(55)61-48(47-60-52(51(56)57)58-45-44-53(3,4)5)46-59-49(54)42-40-38-36-34-15-13-11-9-7-2/h17-18,20-21,23-24,48,52H,6-16,19,22,25-47H2,1-5H3/p+1/b18-17-,21-20-,24-23-. The van der Waals surface area contributed by atoms with Crippen molar-refractivity contribution in [3.63, 3.8) is 0 Å². The van der Waals surface area contributed by atoms with Crippen molar-refractivity contribution < 1.29 is 42.9 Å². The second kappa shape index (κ2) is 44.1. The Bertz CT molecular complexity index is 1100. The molecule has 0 saturated heterocycles. The average Bonchev–Trinajstić information content (AvgIpc) is 3.22. The third kappa shape index (κ3) is 45.4. The maximum Gasteiger partial charge on any atom is 0.361 e. The molecule has 0 saturated carbocycles. The van der Waals surface area contributed by atoms with Gasteiger partial charge < -0.3 is 28.5 Å². The molecule has 9 heteroatoms. The molecule has 0 aliphatic carbocycles. The van der Waals surface area contributed by atoms with Crippen molar-refractivity contribution in [2.24, 2.45) is 0 Å². The number of quaternary nitrogens is 1. The molecule has 0 bridgehead atoms. The predicted octanol–water partition coefficient (Wildman–Crippen LogP) is 13.8. The summed E-state index contributed by atoms with van der Waals surface area (Å²) >= 11 is 0. The van der Waals surface area contributed by atoms with Gasteiger partial charge in [0.2, 0.25) is 0 Å². The first-order chi connectivity index (χ1) is 29.6. The number of likely N-dealkylation sites (N-methyl/N-ethyl adjacent to an activating group) is 1. The van der Waals surface area contributed by atoms with Gasteiger partial charge in [0.05, 0.1) is 34.4 Å². The van der Waals surface area contributed by atoms with Gasteiger partial charge in [0, 0.05) is 12.8 Å². The summed E-state index contributed by atoms with van der Waals surface area (Å²) in [6.45, 7) is 4.84. The highest BCUT2D eigenvalue weighted by atomic mass is 16.7. The van der Waals surface area contributed by atoms with Crippen LogP contribution in [0.25, 0.3) is 0 Å². The average molecular weight is 863 g/mol. The number of allylic oxidation sites excluding steroid dienone is 6. The predicted molar refractivity (Wildman–Crippen MR) is 254 cm³/mol.